The molecule has 0 saturated carbocycles. The lowest BCUT2D eigenvalue weighted by atomic mass is 10.00. The molecule has 204 valence electrons. The molecule has 0 fully saturated rings. The Bertz CT molecular complexity index is 1480. The number of benzene rings is 2. The molecule has 2 heterocycles. The van der Waals surface area contributed by atoms with Crippen LogP contribution in [-0.2, 0) is 6.42 Å². The maximum absolute atomic E-state index is 16.2. The molecular formula is C28H33FN8O2. The Hall–Kier alpha value is -4.51. The minimum Gasteiger partial charge on any atom is -0.486 e. The number of nitrogens with one attached hydrogen (secondary N) is 3. The van der Waals surface area contributed by atoms with Gasteiger partial charge in [-0.1, -0.05) is 19.1 Å². The Balaban J connectivity index is 1.82. The third-order valence-corrected chi connectivity index (χ3v) is 6.08. The molecule has 2 aromatic heterocycles. The van der Waals surface area contributed by atoms with Crippen LogP contribution in [0.15, 0.2) is 65.6 Å². The summed E-state index contributed by atoms with van der Waals surface area (Å²) in [5.74, 6) is 0.0410. The van der Waals surface area contributed by atoms with E-state index < -0.39 is 17.5 Å². The highest BCUT2D eigenvalue weighted by Gasteiger charge is 2.27. The van der Waals surface area contributed by atoms with Crippen molar-refractivity contribution >= 4 is 11.5 Å². The van der Waals surface area contributed by atoms with Gasteiger partial charge in [-0.2, -0.15) is 4.68 Å². The molecule has 0 saturated heterocycles. The molecule has 0 spiro atoms. The Labute approximate surface area is 226 Å². The van der Waals surface area contributed by atoms with Crippen LogP contribution in [0.3, 0.4) is 0 Å². The van der Waals surface area contributed by atoms with Crippen LogP contribution < -0.4 is 21.5 Å². The summed E-state index contributed by atoms with van der Waals surface area (Å²) in [4.78, 5) is 21.8. The van der Waals surface area contributed by atoms with Crippen molar-refractivity contribution in [1.82, 2.24) is 24.6 Å². The molecule has 5 N–H and O–H groups in total. The van der Waals surface area contributed by atoms with Crippen LogP contribution in [0.1, 0.15) is 42.4 Å². The summed E-state index contributed by atoms with van der Waals surface area (Å²) in [6.45, 7) is 4.47. The fourth-order valence-electron chi connectivity index (χ4n) is 4.26. The van der Waals surface area contributed by atoms with Crippen molar-refractivity contribution in [2.45, 2.75) is 32.4 Å². The van der Waals surface area contributed by atoms with Crippen LogP contribution in [-0.4, -0.2) is 57.2 Å². The number of anilines is 1. The molecule has 0 bridgehead atoms. The van der Waals surface area contributed by atoms with Crippen LogP contribution in [0.2, 0.25) is 0 Å². The van der Waals surface area contributed by atoms with Gasteiger partial charge in [-0.15, -0.1) is 5.10 Å². The highest BCUT2D eigenvalue weighted by Crippen LogP contribution is 2.33. The zero-order valence-electron chi connectivity index (χ0n) is 22.4. The number of aryl methyl sites for hydroxylation is 1. The predicted octanol–water partition coefficient (Wildman–Crippen LogP) is 3.47. The van der Waals surface area contributed by atoms with Gasteiger partial charge in [0, 0.05) is 29.6 Å². The summed E-state index contributed by atoms with van der Waals surface area (Å²) in [7, 11) is 3.85. The quantitative estimate of drug-likeness (QED) is 0.171. The second kappa shape index (κ2) is 11.9. The van der Waals surface area contributed by atoms with Crippen LogP contribution in [0.5, 0.6) is 5.75 Å². The molecule has 0 aliphatic heterocycles. The number of aromatic amines is 1. The van der Waals surface area contributed by atoms with Gasteiger partial charge in [-0.25, -0.2) is 14.2 Å². The molecule has 0 aliphatic rings. The van der Waals surface area contributed by atoms with E-state index in [2.05, 4.69) is 20.4 Å². The van der Waals surface area contributed by atoms with Gasteiger partial charge >= 0.3 is 5.69 Å². The van der Waals surface area contributed by atoms with Crippen LogP contribution in [0.4, 0.5) is 10.1 Å². The average molecular weight is 533 g/mol. The van der Waals surface area contributed by atoms with Crippen molar-refractivity contribution in [1.29, 1.82) is 5.41 Å². The van der Waals surface area contributed by atoms with E-state index in [1.54, 1.807) is 60.8 Å². The number of nitrogen functional groups attached to an aromatic ring is 1. The number of H-pyrrole nitrogens is 1. The maximum atomic E-state index is 16.2. The zero-order valence-corrected chi connectivity index (χ0v) is 22.4. The van der Waals surface area contributed by atoms with E-state index in [0.717, 1.165) is 10.2 Å². The molecule has 0 aliphatic carbocycles. The van der Waals surface area contributed by atoms with Crippen LogP contribution in [0.25, 0.3) is 5.82 Å². The number of ether oxygens (including phenoxy) is 1. The molecule has 0 radical (unpaired) electrons. The van der Waals surface area contributed by atoms with Crippen molar-refractivity contribution < 1.29 is 9.13 Å². The SMILES string of the molecule is CCc1cc(OC(C)CN(C)C)c(F)c([C@@H](Nc2ccc(C(=N)N)cc2)c2nn(-c3ccccn3)c(=O)[nH]2)c1. The summed E-state index contributed by atoms with van der Waals surface area (Å²) >= 11 is 0. The van der Waals surface area contributed by atoms with Crippen molar-refractivity contribution in [2.24, 2.45) is 5.73 Å². The number of likely N-dealkylation sites (N-methyl/N-ethyl adjacent to an activating group) is 1. The molecule has 0 amide bonds. The van der Waals surface area contributed by atoms with Crippen molar-refractivity contribution in [2.75, 3.05) is 26.0 Å². The minimum absolute atomic E-state index is 0.0631. The summed E-state index contributed by atoms with van der Waals surface area (Å²) < 4.78 is 23.3. The lowest BCUT2D eigenvalue weighted by Gasteiger charge is -2.23. The third-order valence-electron chi connectivity index (χ3n) is 6.08. The fourth-order valence-corrected chi connectivity index (χ4v) is 4.26. The maximum Gasteiger partial charge on any atom is 0.349 e. The molecular weight excluding hydrogens is 499 g/mol. The van der Waals surface area contributed by atoms with E-state index >= 15 is 4.39 Å². The number of hydrogen-bond donors (Lipinski definition) is 4. The summed E-state index contributed by atoms with van der Waals surface area (Å²) in [6.07, 6.45) is 1.94. The van der Waals surface area contributed by atoms with Crippen LogP contribution in [0, 0.1) is 11.2 Å². The number of pyridine rings is 1. The second-order valence-corrected chi connectivity index (χ2v) is 9.52. The molecule has 2 atom stereocenters. The topological polar surface area (TPSA) is 138 Å². The van der Waals surface area contributed by atoms with E-state index in [1.807, 2.05) is 32.8 Å². The predicted molar refractivity (Wildman–Crippen MR) is 149 cm³/mol. The monoisotopic (exact) mass is 532 g/mol. The van der Waals surface area contributed by atoms with Gasteiger partial charge in [0.15, 0.2) is 23.2 Å². The fraction of sp³-hybridized carbons (Fsp3) is 0.286. The smallest absolute Gasteiger partial charge is 0.349 e. The zero-order chi connectivity index (χ0) is 28.1. The Morgan fingerprint density at radius 2 is 1.97 bits per heavy atom. The molecule has 39 heavy (non-hydrogen) atoms. The molecule has 4 aromatic rings. The first-order chi connectivity index (χ1) is 18.7. The molecule has 10 nitrogen and oxygen atoms in total. The third kappa shape index (κ3) is 6.50. The lowest BCUT2D eigenvalue weighted by molar-refractivity contribution is 0.170. The first-order valence-corrected chi connectivity index (χ1v) is 12.6. The second-order valence-electron chi connectivity index (χ2n) is 9.52. The normalized spacial score (nSPS) is 12.8. The molecule has 4 rings (SSSR count). The van der Waals surface area contributed by atoms with E-state index in [0.29, 0.717) is 30.0 Å². The van der Waals surface area contributed by atoms with Crippen molar-refractivity contribution in [3.63, 3.8) is 0 Å². The van der Waals surface area contributed by atoms with Gasteiger partial charge in [0.2, 0.25) is 0 Å². The van der Waals surface area contributed by atoms with Gasteiger partial charge in [-0.3, -0.25) is 10.4 Å². The van der Waals surface area contributed by atoms with Crippen LogP contribution >= 0.6 is 0 Å². The average Bonchev–Trinajstić information content (AvgIpc) is 3.30. The number of hydrogen-bond acceptors (Lipinski definition) is 7. The standard InChI is InChI=1S/C28H33FN8O2/c1-5-18-14-21(24(29)22(15-18)39-17(2)16-36(3)4)25(33-20-11-9-19(10-12-20)26(30)31)27-34-28(38)37(35-27)23-8-6-7-13-32-23/h6-15,17,25,33H,5,16H2,1-4H3,(H3,30,31)(H,34,35,38)/t17?,25-/m1/s1. The number of rotatable bonds is 11. The van der Waals surface area contributed by atoms with Gasteiger partial charge in [0.1, 0.15) is 18.0 Å². The molecule has 2 aromatic carbocycles. The first-order valence-electron chi connectivity index (χ1n) is 12.6. The summed E-state index contributed by atoms with van der Waals surface area (Å²) in [5.41, 5.74) is 7.38. The highest BCUT2D eigenvalue weighted by molar-refractivity contribution is 5.95. The lowest BCUT2D eigenvalue weighted by Crippen LogP contribution is -2.28. The summed E-state index contributed by atoms with van der Waals surface area (Å²) in [6, 6.07) is 14.6. The largest absolute Gasteiger partial charge is 0.486 e. The minimum atomic E-state index is -0.885. The Morgan fingerprint density at radius 3 is 2.59 bits per heavy atom. The number of amidine groups is 1. The number of nitrogens with two attached hydrogens (primary N) is 1. The van der Waals surface area contributed by atoms with Gasteiger partial charge in [0.05, 0.1) is 0 Å². The number of halogens is 1. The summed E-state index contributed by atoms with van der Waals surface area (Å²) in [5, 5.41) is 15.4. The van der Waals surface area contributed by atoms with Crippen molar-refractivity contribution in [3.05, 3.63) is 99.6 Å². The number of nitrogens with zero attached hydrogens (tertiary/aromatic N) is 4. The Morgan fingerprint density at radius 1 is 1.23 bits per heavy atom. The van der Waals surface area contributed by atoms with Crippen molar-refractivity contribution in [3.8, 4) is 11.6 Å². The van der Waals surface area contributed by atoms with E-state index in [1.165, 1.54) is 0 Å². The van der Waals surface area contributed by atoms with Gasteiger partial charge < -0.3 is 20.7 Å². The Kier molecular flexibility index (Phi) is 8.40. The van der Waals surface area contributed by atoms with E-state index in [9.17, 15) is 4.79 Å². The van der Waals surface area contributed by atoms with E-state index in [4.69, 9.17) is 15.9 Å². The molecule has 1 unspecified atom stereocenters. The van der Waals surface area contributed by atoms with E-state index in [-0.39, 0.29) is 29.1 Å². The molecule has 11 heteroatoms. The highest BCUT2D eigenvalue weighted by atomic mass is 19.1. The first kappa shape index (κ1) is 27.5. The van der Waals surface area contributed by atoms with Gasteiger partial charge in [-0.05, 0) is 75.5 Å². The van der Waals surface area contributed by atoms with Gasteiger partial charge in [0.25, 0.3) is 0 Å². The number of aromatic nitrogens is 4.